The van der Waals surface area contributed by atoms with Crippen LogP contribution in [-0.2, 0) is 9.59 Å². The second kappa shape index (κ2) is 5.70. The minimum atomic E-state index is -0.972. The zero-order valence-corrected chi connectivity index (χ0v) is 13.5. The highest BCUT2D eigenvalue weighted by atomic mass is 16.5. The van der Waals surface area contributed by atoms with Crippen molar-refractivity contribution < 1.29 is 19.4 Å². The van der Waals surface area contributed by atoms with Gasteiger partial charge in [0.2, 0.25) is 0 Å². The molecule has 0 spiro atoms. The van der Waals surface area contributed by atoms with Gasteiger partial charge in [-0.2, -0.15) is 0 Å². The molecule has 2 heterocycles. The molecule has 0 radical (unpaired) electrons. The van der Waals surface area contributed by atoms with E-state index >= 15 is 0 Å². The van der Waals surface area contributed by atoms with Crippen LogP contribution >= 0.6 is 0 Å². The van der Waals surface area contributed by atoms with Gasteiger partial charge in [0.15, 0.2) is 12.8 Å². The van der Waals surface area contributed by atoms with Crippen molar-refractivity contribution >= 4 is 23.2 Å². The smallest absolute Gasteiger partial charge is 0.265 e. The van der Waals surface area contributed by atoms with Crippen molar-refractivity contribution in [2.75, 3.05) is 23.0 Å². The summed E-state index contributed by atoms with van der Waals surface area (Å²) in [6, 6.07) is 5.20. The van der Waals surface area contributed by atoms with Crippen molar-refractivity contribution in [1.82, 2.24) is 0 Å². The molecule has 0 saturated carbocycles. The van der Waals surface area contributed by atoms with E-state index in [0.29, 0.717) is 34.8 Å². The summed E-state index contributed by atoms with van der Waals surface area (Å²) < 4.78 is 5.46. The highest BCUT2D eigenvalue weighted by Gasteiger charge is 2.35. The van der Waals surface area contributed by atoms with E-state index in [1.807, 2.05) is 6.92 Å². The van der Waals surface area contributed by atoms with Gasteiger partial charge < -0.3 is 14.7 Å². The maximum atomic E-state index is 12.4. The lowest BCUT2D eigenvalue weighted by atomic mass is 10.2. The number of carbonyl (C=O) groups is 2. The van der Waals surface area contributed by atoms with Crippen LogP contribution in [0.25, 0.3) is 0 Å². The second-order valence-electron chi connectivity index (χ2n) is 5.84. The molecule has 1 unspecified atom stereocenters. The third kappa shape index (κ3) is 2.39. The number of rotatable bonds is 3. The van der Waals surface area contributed by atoms with Gasteiger partial charge in [0.1, 0.15) is 5.75 Å². The average Bonchev–Trinajstić information content (AvgIpc) is 2.73. The fraction of sp³-hybridized carbons (Fsp3) is 0.412. The number of nitrogens with zero attached hydrogens (tertiary/aromatic N) is 2. The van der Waals surface area contributed by atoms with Crippen LogP contribution in [0.3, 0.4) is 0 Å². The predicted molar refractivity (Wildman–Crippen MR) is 86.4 cm³/mol. The molecule has 0 aliphatic carbocycles. The number of hydrogen-bond acceptors (Lipinski definition) is 4. The molecule has 0 aromatic heterocycles. The third-order valence-corrected chi connectivity index (χ3v) is 4.37. The van der Waals surface area contributed by atoms with E-state index in [1.165, 1.54) is 4.90 Å². The molecular formula is C17H20N2O4. The standard InChI is InChI=1S/C17H20N2O4/c1-4-7-18-13-8-12(5-6-14(13)23-9-15(18)20)19-16(21)10(2)11(3)17(19)22/h5-6,8,16,21H,4,7,9H2,1-3H3. The lowest BCUT2D eigenvalue weighted by molar-refractivity contribution is -0.121. The predicted octanol–water partition coefficient (Wildman–Crippen LogP) is 1.82. The van der Waals surface area contributed by atoms with Crippen LogP contribution in [0.4, 0.5) is 11.4 Å². The van der Waals surface area contributed by atoms with Gasteiger partial charge >= 0.3 is 0 Å². The van der Waals surface area contributed by atoms with E-state index in [1.54, 1.807) is 36.9 Å². The van der Waals surface area contributed by atoms with Gasteiger partial charge in [0.25, 0.3) is 11.8 Å². The molecule has 122 valence electrons. The molecule has 0 fully saturated rings. The lowest BCUT2D eigenvalue weighted by Crippen LogP contribution is -2.40. The van der Waals surface area contributed by atoms with Crippen LogP contribution in [0, 0.1) is 0 Å². The molecule has 2 amide bonds. The van der Waals surface area contributed by atoms with E-state index in [9.17, 15) is 14.7 Å². The summed E-state index contributed by atoms with van der Waals surface area (Å²) in [5.41, 5.74) is 2.39. The molecule has 1 aromatic rings. The van der Waals surface area contributed by atoms with Crippen molar-refractivity contribution in [3.8, 4) is 5.75 Å². The van der Waals surface area contributed by atoms with E-state index in [4.69, 9.17) is 4.74 Å². The molecule has 2 aliphatic heterocycles. The first-order chi connectivity index (χ1) is 11.0. The Balaban J connectivity index is 2.01. The quantitative estimate of drug-likeness (QED) is 0.923. The SMILES string of the molecule is CCCN1C(=O)COc2ccc(N3C(=O)C(C)=C(C)C3O)cc21. The third-order valence-electron chi connectivity index (χ3n) is 4.37. The minimum Gasteiger partial charge on any atom is -0.482 e. The molecule has 2 aliphatic rings. The Morgan fingerprint density at radius 1 is 1.30 bits per heavy atom. The first-order valence-electron chi connectivity index (χ1n) is 7.72. The van der Waals surface area contributed by atoms with Gasteiger partial charge in [-0.05, 0) is 44.0 Å². The number of amides is 2. The Labute approximate surface area is 134 Å². The van der Waals surface area contributed by atoms with Gasteiger partial charge in [0.05, 0.1) is 5.69 Å². The van der Waals surface area contributed by atoms with E-state index in [2.05, 4.69) is 0 Å². The fourth-order valence-corrected chi connectivity index (χ4v) is 2.92. The van der Waals surface area contributed by atoms with Crippen LogP contribution in [0.15, 0.2) is 29.3 Å². The highest BCUT2D eigenvalue weighted by Crippen LogP contribution is 2.38. The molecule has 1 N–H and O–H groups in total. The largest absolute Gasteiger partial charge is 0.482 e. The summed E-state index contributed by atoms with van der Waals surface area (Å²) in [6.45, 7) is 6.06. The van der Waals surface area contributed by atoms with E-state index in [-0.39, 0.29) is 18.4 Å². The van der Waals surface area contributed by atoms with Crippen molar-refractivity contribution in [2.24, 2.45) is 0 Å². The van der Waals surface area contributed by atoms with Crippen LogP contribution in [0.5, 0.6) is 5.75 Å². The molecule has 3 rings (SSSR count). The monoisotopic (exact) mass is 316 g/mol. The number of anilines is 2. The van der Waals surface area contributed by atoms with Gasteiger partial charge in [-0.3, -0.25) is 14.5 Å². The molecule has 1 atom stereocenters. The molecular weight excluding hydrogens is 296 g/mol. The van der Waals surface area contributed by atoms with Crippen molar-refractivity contribution in [3.05, 3.63) is 29.3 Å². The van der Waals surface area contributed by atoms with Crippen LogP contribution in [0.2, 0.25) is 0 Å². The number of ether oxygens (including phenoxy) is 1. The highest BCUT2D eigenvalue weighted by molar-refractivity contribution is 6.10. The van der Waals surface area contributed by atoms with E-state index < -0.39 is 6.23 Å². The summed E-state index contributed by atoms with van der Waals surface area (Å²) in [6.07, 6.45) is -0.152. The first kappa shape index (κ1) is 15.6. The second-order valence-corrected chi connectivity index (χ2v) is 5.84. The van der Waals surface area contributed by atoms with Crippen LogP contribution in [0.1, 0.15) is 27.2 Å². The normalized spacial score (nSPS) is 21.0. The number of fused-ring (bicyclic) bond motifs is 1. The first-order valence-corrected chi connectivity index (χ1v) is 7.72. The molecule has 0 saturated heterocycles. The summed E-state index contributed by atoms with van der Waals surface area (Å²) >= 11 is 0. The van der Waals surface area contributed by atoms with Gasteiger partial charge in [0, 0.05) is 17.8 Å². The van der Waals surface area contributed by atoms with Crippen molar-refractivity contribution in [2.45, 2.75) is 33.4 Å². The zero-order chi connectivity index (χ0) is 16.7. The number of aliphatic hydroxyl groups excluding tert-OH is 1. The maximum absolute atomic E-state index is 12.4. The summed E-state index contributed by atoms with van der Waals surface area (Å²) in [5.74, 6) is 0.291. The summed E-state index contributed by atoms with van der Waals surface area (Å²) in [7, 11) is 0. The summed E-state index contributed by atoms with van der Waals surface area (Å²) in [5, 5.41) is 10.3. The van der Waals surface area contributed by atoms with Crippen LogP contribution < -0.4 is 14.5 Å². The number of benzene rings is 1. The number of aliphatic hydroxyl groups is 1. The van der Waals surface area contributed by atoms with Crippen LogP contribution in [-0.4, -0.2) is 36.3 Å². The topological polar surface area (TPSA) is 70.1 Å². The molecule has 6 nitrogen and oxygen atoms in total. The van der Waals surface area contributed by atoms with Gasteiger partial charge in [-0.1, -0.05) is 6.92 Å². The Kier molecular flexibility index (Phi) is 3.85. The Bertz CT molecular complexity index is 711. The number of hydrogen-bond donors (Lipinski definition) is 1. The Morgan fingerprint density at radius 3 is 2.65 bits per heavy atom. The summed E-state index contributed by atoms with van der Waals surface area (Å²) in [4.78, 5) is 27.4. The molecule has 23 heavy (non-hydrogen) atoms. The van der Waals surface area contributed by atoms with Gasteiger partial charge in [-0.25, -0.2) is 0 Å². The zero-order valence-electron chi connectivity index (χ0n) is 13.5. The van der Waals surface area contributed by atoms with E-state index in [0.717, 1.165) is 6.42 Å². The lowest BCUT2D eigenvalue weighted by Gasteiger charge is -2.31. The molecule has 6 heteroatoms. The van der Waals surface area contributed by atoms with Crippen molar-refractivity contribution in [1.29, 1.82) is 0 Å². The Hall–Kier alpha value is -2.34. The molecule has 0 bridgehead atoms. The average molecular weight is 316 g/mol. The maximum Gasteiger partial charge on any atom is 0.265 e. The Morgan fingerprint density at radius 2 is 2.04 bits per heavy atom. The minimum absolute atomic E-state index is 0.0252. The fourth-order valence-electron chi connectivity index (χ4n) is 2.92. The van der Waals surface area contributed by atoms with Crippen molar-refractivity contribution in [3.63, 3.8) is 0 Å². The van der Waals surface area contributed by atoms with Gasteiger partial charge in [-0.15, -0.1) is 0 Å². The number of carbonyl (C=O) groups excluding carboxylic acids is 2. The molecule has 1 aromatic carbocycles.